The highest BCUT2D eigenvalue weighted by Crippen LogP contribution is 2.31. The van der Waals surface area contributed by atoms with Gasteiger partial charge in [-0.05, 0) is 34.1 Å². The summed E-state index contributed by atoms with van der Waals surface area (Å²) in [5.41, 5.74) is 0.648. The first kappa shape index (κ1) is 16.7. The molecule has 1 heterocycles. The summed E-state index contributed by atoms with van der Waals surface area (Å²) in [6.07, 6.45) is 0. The zero-order valence-corrected chi connectivity index (χ0v) is 14.7. The average Bonchev–Trinajstić information content (AvgIpc) is 2.79. The second kappa shape index (κ2) is 6.62. The Labute approximate surface area is 139 Å². The Balaban J connectivity index is 2.60. The Morgan fingerprint density at radius 3 is 2.67 bits per heavy atom. The van der Waals surface area contributed by atoms with Gasteiger partial charge in [0.15, 0.2) is 5.82 Å². The molecule has 0 unspecified atom stereocenters. The van der Waals surface area contributed by atoms with Gasteiger partial charge >= 0.3 is 0 Å². The minimum Gasteiger partial charge on any atom is -0.383 e. The van der Waals surface area contributed by atoms with Crippen molar-refractivity contribution in [2.24, 2.45) is 0 Å². The zero-order valence-electron chi connectivity index (χ0n) is 10.8. The van der Waals surface area contributed by atoms with Crippen LogP contribution in [0.3, 0.4) is 0 Å². The van der Waals surface area contributed by atoms with E-state index in [1.165, 1.54) is 11.7 Å². The second-order valence-corrected chi connectivity index (χ2v) is 7.76. The lowest BCUT2D eigenvalue weighted by Crippen LogP contribution is -2.11. The molecule has 0 spiro atoms. The normalized spacial score (nSPS) is 11.8. The fourth-order valence-corrected chi connectivity index (χ4v) is 3.51. The summed E-state index contributed by atoms with van der Waals surface area (Å²) in [4.78, 5) is 0. The molecule has 0 aliphatic rings. The predicted molar refractivity (Wildman–Crippen MR) is 83.1 cm³/mol. The lowest BCUT2D eigenvalue weighted by atomic mass is 10.2. The fraction of sp³-hybridized carbons (Fsp3) is 0.273. The number of ether oxygens (including phenoxy) is 1. The van der Waals surface area contributed by atoms with Crippen LogP contribution in [-0.4, -0.2) is 36.9 Å². The molecule has 6 nitrogen and oxygen atoms in total. The number of halogens is 3. The van der Waals surface area contributed by atoms with Gasteiger partial charge in [0.2, 0.25) is 0 Å². The molecular weight excluding hydrogens is 405 g/mol. The molecule has 0 fully saturated rings. The first-order chi connectivity index (χ1) is 9.84. The summed E-state index contributed by atoms with van der Waals surface area (Å²) in [7, 11) is 2.89. The van der Waals surface area contributed by atoms with Crippen LogP contribution in [-0.2, 0) is 20.3 Å². The molecule has 2 aromatic rings. The summed E-state index contributed by atoms with van der Waals surface area (Å²) in [6.45, 7) is 0.533. The van der Waals surface area contributed by atoms with Crippen LogP contribution in [0.5, 0.6) is 0 Å². The van der Waals surface area contributed by atoms with E-state index in [9.17, 15) is 8.42 Å². The van der Waals surface area contributed by atoms with Crippen LogP contribution in [0.25, 0.3) is 11.4 Å². The summed E-state index contributed by atoms with van der Waals surface area (Å²) in [6, 6.07) is 5.07. The number of rotatable bonds is 5. The molecule has 114 valence electrons. The molecular formula is C11H10BrCl2N3O3S. The molecule has 0 bridgehead atoms. The highest BCUT2D eigenvalue weighted by Gasteiger charge is 2.24. The van der Waals surface area contributed by atoms with Gasteiger partial charge in [-0.15, -0.1) is 10.2 Å². The van der Waals surface area contributed by atoms with Gasteiger partial charge in [0.25, 0.3) is 14.2 Å². The smallest absolute Gasteiger partial charge is 0.296 e. The highest BCUT2D eigenvalue weighted by atomic mass is 79.9. The van der Waals surface area contributed by atoms with Crippen molar-refractivity contribution >= 4 is 47.3 Å². The number of methoxy groups -OCH3 is 1. The maximum absolute atomic E-state index is 11.6. The molecule has 10 heteroatoms. The third-order valence-corrected chi connectivity index (χ3v) is 4.67. The molecule has 0 aliphatic heterocycles. The molecule has 0 N–H and O–H groups in total. The topological polar surface area (TPSA) is 74.1 Å². The van der Waals surface area contributed by atoms with E-state index >= 15 is 0 Å². The van der Waals surface area contributed by atoms with Gasteiger partial charge in [-0.25, -0.2) is 8.42 Å². The van der Waals surface area contributed by atoms with Crippen molar-refractivity contribution in [3.8, 4) is 11.4 Å². The maximum atomic E-state index is 11.6. The number of hydrogen-bond acceptors (Lipinski definition) is 5. The molecule has 21 heavy (non-hydrogen) atoms. The molecule has 0 aliphatic carbocycles. The van der Waals surface area contributed by atoms with E-state index in [-0.39, 0.29) is 18.3 Å². The Morgan fingerprint density at radius 1 is 1.38 bits per heavy atom. The average molecular weight is 415 g/mol. The molecule has 1 aromatic carbocycles. The lowest BCUT2D eigenvalue weighted by molar-refractivity contribution is 0.185. The Bertz CT molecular complexity index is 764. The van der Waals surface area contributed by atoms with Gasteiger partial charge < -0.3 is 4.74 Å². The standard InChI is InChI=1S/C11H10BrCl2N3O3S/c1-20-5-4-17-10(15-16-11(17)21(14,18)19)8-3-2-7(13)6-9(8)12/h2-3,6H,4-5H2,1H3. The van der Waals surface area contributed by atoms with Crippen molar-refractivity contribution in [2.45, 2.75) is 11.7 Å². The quantitative estimate of drug-likeness (QED) is 0.703. The summed E-state index contributed by atoms with van der Waals surface area (Å²) >= 11 is 9.26. The lowest BCUT2D eigenvalue weighted by Gasteiger charge is -2.09. The van der Waals surface area contributed by atoms with Gasteiger partial charge in [-0.1, -0.05) is 11.6 Å². The van der Waals surface area contributed by atoms with Crippen LogP contribution >= 0.6 is 38.2 Å². The molecule has 0 amide bonds. The zero-order chi connectivity index (χ0) is 15.6. The number of hydrogen-bond donors (Lipinski definition) is 0. The van der Waals surface area contributed by atoms with Crippen LogP contribution < -0.4 is 0 Å². The molecule has 0 saturated heterocycles. The molecule has 1 aromatic heterocycles. The number of benzene rings is 1. The van der Waals surface area contributed by atoms with Crippen molar-refractivity contribution in [1.82, 2.24) is 14.8 Å². The minimum absolute atomic E-state index is 0.245. The third-order valence-electron chi connectivity index (χ3n) is 2.63. The number of aromatic nitrogens is 3. The first-order valence-electron chi connectivity index (χ1n) is 5.67. The van der Waals surface area contributed by atoms with Crippen LogP contribution in [0.4, 0.5) is 0 Å². The Morgan fingerprint density at radius 2 is 2.10 bits per heavy atom. The van der Waals surface area contributed by atoms with E-state index < -0.39 is 9.05 Å². The third kappa shape index (κ3) is 3.75. The van der Waals surface area contributed by atoms with Crippen molar-refractivity contribution in [3.63, 3.8) is 0 Å². The van der Waals surface area contributed by atoms with Crippen molar-refractivity contribution in [2.75, 3.05) is 13.7 Å². The van der Waals surface area contributed by atoms with E-state index in [1.807, 2.05) is 0 Å². The summed E-state index contributed by atoms with van der Waals surface area (Å²) in [5, 5.41) is 7.80. The van der Waals surface area contributed by atoms with Crippen LogP contribution in [0, 0.1) is 0 Å². The Hall–Kier alpha value is -0.670. The van der Waals surface area contributed by atoms with E-state index in [4.69, 9.17) is 27.0 Å². The van der Waals surface area contributed by atoms with E-state index in [1.54, 1.807) is 18.2 Å². The first-order valence-corrected chi connectivity index (χ1v) is 9.15. The van der Waals surface area contributed by atoms with Crippen molar-refractivity contribution in [3.05, 3.63) is 27.7 Å². The van der Waals surface area contributed by atoms with Crippen molar-refractivity contribution in [1.29, 1.82) is 0 Å². The predicted octanol–water partition coefficient (Wildman–Crippen LogP) is 2.93. The molecule has 0 radical (unpaired) electrons. The monoisotopic (exact) mass is 413 g/mol. The summed E-state index contributed by atoms with van der Waals surface area (Å²) < 4.78 is 30.2. The van der Waals surface area contributed by atoms with Gasteiger partial charge in [-0.3, -0.25) is 4.57 Å². The fourth-order valence-electron chi connectivity index (χ4n) is 1.72. The van der Waals surface area contributed by atoms with E-state index in [2.05, 4.69) is 26.1 Å². The van der Waals surface area contributed by atoms with Crippen LogP contribution in [0.1, 0.15) is 0 Å². The maximum Gasteiger partial charge on any atom is 0.296 e. The van der Waals surface area contributed by atoms with Gasteiger partial charge in [0, 0.05) is 32.9 Å². The minimum atomic E-state index is -4.01. The molecule has 2 rings (SSSR count). The summed E-state index contributed by atoms with van der Waals surface area (Å²) in [5.74, 6) is 0.356. The van der Waals surface area contributed by atoms with E-state index in [0.29, 0.717) is 20.9 Å². The second-order valence-electron chi connectivity index (χ2n) is 4.01. The molecule has 0 saturated carbocycles. The SMILES string of the molecule is COCCn1c(-c2ccc(Cl)cc2Br)nnc1S(=O)(=O)Cl. The van der Waals surface area contributed by atoms with Gasteiger partial charge in [0.1, 0.15) is 0 Å². The largest absolute Gasteiger partial charge is 0.383 e. The number of nitrogens with zero attached hydrogens (tertiary/aromatic N) is 3. The van der Waals surface area contributed by atoms with E-state index in [0.717, 1.165) is 0 Å². The van der Waals surface area contributed by atoms with Gasteiger partial charge in [-0.2, -0.15) is 0 Å². The van der Waals surface area contributed by atoms with Crippen molar-refractivity contribution < 1.29 is 13.2 Å². The highest BCUT2D eigenvalue weighted by molar-refractivity contribution is 9.10. The Kier molecular flexibility index (Phi) is 5.26. The van der Waals surface area contributed by atoms with Crippen LogP contribution in [0.2, 0.25) is 5.02 Å². The molecule has 0 atom stereocenters. The van der Waals surface area contributed by atoms with Gasteiger partial charge in [0.05, 0.1) is 13.2 Å². The van der Waals surface area contributed by atoms with Crippen LogP contribution in [0.15, 0.2) is 27.8 Å².